The average molecular weight is 736 g/mol. The number of fused-ring (bicyclic) bond motifs is 3. The molecule has 2 heterocycles. The number of benzene rings is 7. The molecule has 276 valence electrons. The summed E-state index contributed by atoms with van der Waals surface area (Å²) in [5.41, 5.74) is 9.54. The second-order valence-electron chi connectivity index (χ2n) is 14.1. The Labute approximate surface area is 326 Å². The van der Waals surface area contributed by atoms with Crippen LogP contribution in [-0.4, -0.2) is 50.4 Å². The monoisotopic (exact) mass is 735 g/mol. The summed E-state index contributed by atoms with van der Waals surface area (Å²) in [6.07, 6.45) is 2.95. The van der Waals surface area contributed by atoms with Gasteiger partial charge in [-0.05, 0) is 93.9 Å². The van der Waals surface area contributed by atoms with Crippen LogP contribution in [0.1, 0.15) is 5.56 Å². The van der Waals surface area contributed by atoms with Crippen LogP contribution in [0.5, 0.6) is 17.2 Å². The van der Waals surface area contributed by atoms with Gasteiger partial charge in [-0.3, -0.25) is 4.79 Å². The highest BCUT2D eigenvalue weighted by Crippen LogP contribution is 2.45. The minimum atomic E-state index is -0.828. The van der Waals surface area contributed by atoms with Gasteiger partial charge in [0.15, 0.2) is 6.10 Å². The molecular formula is C49H41N3O4. The summed E-state index contributed by atoms with van der Waals surface area (Å²) in [4.78, 5) is 19.1. The number of methoxy groups -OCH3 is 1. The van der Waals surface area contributed by atoms with Crippen molar-refractivity contribution in [1.82, 2.24) is 0 Å². The smallest absolute Gasteiger partial charge is 0.269 e. The summed E-state index contributed by atoms with van der Waals surface area (Å²) >= 11 is 0. The molecule has 0 aromatic heterocycles. The number of nitrogens with one attached hydrogen (secondary N) is 1. The predicted octanol–water partition coefficient (Wildman–Crippen LogP) is 10.3. The molecule has 1 saturated heterocycles. The van der Waals surface area contributed by atoms with E-state index in [1.807, 2.05) is 97.1 Å². The van der Waals surface area contributed by atoms with E-state index in [9.17, 15) is 9.90 Å². The van der Waals surface area contributed by atoms with E-state index in [-0.39, 0.29) is 11.7 Å². The molecule has 0 spiro atoms. The molecule has 9 rings (SSSR count). The van der Waals surface area contributed by atoms with Gasteiger partial charge in [0.05, 0.1) is 7.11 Å². The van der Waals surface area contributed by atoms with Crippen molar-refractivity contribution in [2.24, 2.45) is 0 Å². The normalized spacial score (nSPS) is 14.9. The standard InChI is InChI=1S/C49H41N3O4/c1-55-41-23-21-39(22-24-41)52-30-28-51(29-31-52)38-19-16-35(17-20-38)47-44(26-25-42(37-11-7-12-40(53)32-37)46(47)34-9-3-2-4-10-34)50-49(54)45-27-18-36-15-14-33-8-5-6-13-43(33)48(36)56-45/h2-27,32,45,53H,28-31H2,1H3,(H,50,54). The third-order valence-corrected chi connectivity index (χ3v) is 10.8. The number of phenolic OH excluding ortho intramolecular Hbond substituents is 1. The van der Waals surface area contributed by atoms with Gasteiger partial charge >= 0.3 is 0 Å². The fraction of sp³-hybridized carbons (Fsp3) is 0.122. The molecule has 2 aliphatic rings. The van der Waals surface area contributed by atoms with Crippen molar-refractivity contribution in [3.05, 3.63) is 163 Å². The SMILES string of the molecule is COc1ccc(N2CCN(c3ccc(-c4c(NC(=O)C5C=Cc6ccc7ccccc7c6O5)ccc(-c5cccc(O)c5)c4-c4ccccc4)cc3)CC2)cc1. The van der Waals surface area contributed by atoms with E-state index in [1.54, 1.807) is 19.2 Å². The zero-order valence-electron chi connectivity index (χ0n) is 31.1. The molecule has 0 radical (unpaired) electrons. The number of ether oxygens (including phenoxy) is 2. The minimum Gasteiger partial charge on any atom is -0.508 e. The zero-order valence-corrected chi connectivity index (χ0v) is 31.1. The Bertz CT molecular complexity index is 2560. The Balaban J connectivity index is 1.07. The third-order valence-electron chi connectivity index (χ3n) is 10.8. The first-order chi connectivity index (χ1) is 27.5. The van der Waals surface area contributed by atoms with Crippen LogP contribution >= 0.6 is 0 Å². The molecule has 7 heteroatoms. The minimum absolute atomic E-state index is 0.186. The first-order valence-electron chi connectivity index (χ1n) is 19.0. The summed E-state index contributed by atoms with van der Waals surface area (Å²) in [5, 5.41) is 15.8. The number of piperazine rings is 1. The van der Waals surface area contributed by atoms with Crippen molar-refractivity contribution in [1.29, 1.82) is 0 Å². The Morgan fingerprint density at radius 3 is 2.05 bits per heavy atom. The van der Waals surface area contributed by atoms with Crippen LogP contribution < -0.4 is 24.6 Å². The van der Waals surface area contributed by atoms with Crippen LogP contribution in [0.3, 0.4) is 0 Å². The fourth-order valence-electron chi connectivity index (χ4n) is 7.90. The zero-order chi connectivity index (χ0) is 38.0. The maximum atomic E-state index is 14.2. The van der Waals surface area contributed by atoms with E-state index in [2.05, 4.69) is 69.7 Å². The highest BCUT2D eigenvalue weighted by Gasteiger charge is 2.27. The van der Waals surface area contributed by atoms with Gasteiger partial charge in [0, 0.05) is 59.8 Å². The molecule has 1 unspecified atom stereocenters. The van der Waals surface area contributed by atoms with Gasteiger partial charge in [-0.2, -0.15) is 0 Å². The van der Waals surface area contributed by atoms with Gasteiger partial charge in [0.1, 0.15) is 17.2 Å². The lowest BCUT2D eigenvalue weighted by Gasteiger charge is -2.37. The molecule has 1 atom stereocenters. The van der Waals surface area contributed by atoms with Crippen molar-refractivity contribution >= 4 is 39.8 Å². The number of nitrogens with zero attached hydrogens (tertiary/aromatic N) is 2. The van der Waals surface area contributed by atoms with Gasteiger partial charge in [-0.1, -0.05) is 103 Å². The van der Waals surface area contributed by atoms with E-state index in [4.69, 9.17) is 9.47 Å². The quantitative estimate of drug-likeness (QED) is 0.162. The molecule has 1 amide bonds. The summed E-state index contributed by atoms with van der Waals surface area (Å²) in [6.45, 7) is 3.60. The van der Waals surface area contributed by atoms with E-state index in [0.29, 0.717) is 11.4 Å². The van der Waals surface area contributed by atoms with E-state index >= 15 is 0 Å². The van der Waals surface area contributed by atoms with Crippen LogP contribution in [-0.2, 0) is 4.79 Å². The molecule has 7 nitrogen and oxygen atoms in total. The topological polar surface area (TPSA) is 74.3 Å². The maximum absolute atomic E-state index is 14.2. The number of carbonyl (C=O) groups excluding carboxylic acids is 1. The lowest BCUT2D eigenvalue weighted by Crippen LogP contribution is -2.46. The van der Waals surface area contributed by atoms with Gasteiger partial charge in [0.2, 0.25) is 0 Å². The molecule has 7 aromatic rings. The number of amides is 1. The van der Waals surface area contributed by atoms with Crippen LogP contribution in [0.4, 0.5) is 17.1 Å². The van der Waals surface area contributed by atoms with Gasteiger partial charge in [-0.25, -0.2) is 0 Å². The Morgan fingerprint density at radius 1 is 0.679 bits per heavy atom. The van der Waals surface area contributed by atoms with E-state index in [0.717, 1.165) is 87.3 Å². The highest BCUT2D eigenvalue weighted by molar-refractivity contribution is 6.07. The van der Waals surface area contributed by atoms with E-state index in [1.165, 1.54) is 5.69 Å². The van der Waals surface area contributed by atoms with Crippen LogP contribution in [0.15, 0.2) is 158 Å². The predicted molar refractivity (Wildman–Crippen MR) is 228 cm³/mol. The lowest BCUT2D eigenvalue weighted by atomic mass is 9.86. The number of anilines is 3. The number of hydrogen-bond acceptors (Lipinski definition) is 6. The van der Waals surface area contributed by atoms with Crippen molar-refractivity contribution in [2.75, 3.05) is 48.4 Å². The van der Waals surface area contributed by atoms with Crippen LogP contribution in [0.25, 0.3) is 50.2 Å². The largest absolute Gasteiger partial charge is 0.508 e. The molecule has 0 saturated carbocycles. The summed E-state index contributed by atoms with van der Waals surface area (Å²) in [5.74, 6) is 1.48. The molecular weight excluding hydrogens is 695 g/mol. The second-order valence-corrected chi connectivity index (χ2v) is 14.1. The number of aromatic hydroxyl groups is 1. The summed E-state index contributed by atoms with van der Waals surface area (Å²) in [6, 6.07) is 50.6. The number of rotatable bonds is 8. The Kier molecular flexibility index (Phi) is 9.33. The summed E-state index contributed by atoms with van der Waals surface area (Å²) in [7, 11) is 1.69. The molecule has 2 aliphatic heterocycles. The van der Waals surface area contributed by atoms with Crippen molar-refractivity contribution in [2.45, 2.75) is 6.10 Å². The lowest BCUT2D eigenvalue weighted by molar-refractivity contribution is -0.120. The molecule has 2 N–H and O–H groups in total. The van der Waals surface area contributed by atoms with Crippen LogP contribution in [0.2, 0.25) is 0 Å². The number of hydrogen-bond donors (Lipinski definition) is 2. The maximum Gasteiger partial charge on any atom is 0.269 e. The molecule has 1 fully saturated rings. The summed E-state index contributed by atoms with van der Waals surface area (Å²) < 4.78 is 11.8. The van der Waals surface area contributed by atoms with Gasteiger partial charge < -0.3 is 29.7 Å². The highest BCUT2D eigenvalue weighted by atomic mass is 16.5. The fourth-order valence-corrected chi connectivity index (χ4v) is 7.90. The van der Waals surface area contributed by atoms with Crippen molar-refractivity contribution < 1.29 is 19.4 Å². The third kappa shape index (κ3) is 6.80. The first-order valence-corrected chi connectivity index (χ1v) is 19.0. The van der Waals surface area contributed by atoms with Crippen molar-refractivity contribution in [3.8, 4) is 50.6 Å². The van der Waals surface area contributed by atoms with E-state index < -0.39 is 6.10 Å². The van der Waals surface area contributed by atoms with Crippen molar-refractivity contribution in [3.63, 3.8) is 0 Å². The number of phenols is 1. The van der Waals surface area contributed by atoms with Gasteiger partial charge in [0.25, 0.3) is 5.91 Å². The molecule has 0 aliphatic carbocycles. The Hall–Kier alpha value is -6.99. The second kappa shape index (κ2) is 15.0. The molecule has 0 bridgehead atoms. The Morgan fingerprint density at radius 2 is 1.34 bits per heavy atom. The first kappa shape index (κ1) is 34.8. The average Bonchev–Trinajstić information content (AvgIpc) is 3.26. The van der Waals surface area contributed by atoms with Gasteiger partial charge in [-0.15, -0.1) is 0 Å². The number of carbonyl (C=O) groups is 1. The molecule has 56 heavy (non-hydrogen) atoms. The molecule has 7 aromatic carbocycles. The van der Waals surface area contributed by atoms with Crippen LogP contribution in [0, 0.1) is 0 Å².